The Kier molecular flexibility index (Phi) is 5.03. The van der Waals surface area contributed by atoms with Crippen molar-refractivity contribution in [3.05, 3.63) is 34.8 Å². The Balaban J connectivity index is 1.66. The van der Waals surface area contributed by atoms with Gasteiger partial charge in [0.05, 0.1) is 11.4 Å². The summed E-state index contributed by atoms with van der Waals surface area (Å²) in [5.74, 6) is 0.379. The molecule has 1 atom stereocenters. The Morgan fingerprint density at radius 3 is 2.88 bits per heavy atom. The molecule has 0 saturated heterocycles. The van der Waals surface area contributed by atoms with Crippen molar-refractivity contribution in [1.29, 1.82) is 0 Å². The van der Waals surface area contributed by atoms with E-state index in [2.05, 4.69) is 10.3 Å². The number of aryl methyl sites for hydroxylation is 2. The standard InChI is InChI=1S/C18H21N3O3S/c1-4-13-12(3)25-18(19-13)20-16(22)9-10-21-14-7-5-6-8-15(14)24-11(2)17(21)23/h5-8,11H,4,9-10H2,1-3H3,(H,19,20,22). The zero-order chi connectivity index (χ0) is 18.0. The highest BCUT2D eigenvalue weighted by Crippen LogP contribution is 2.33. The molecule has 25 heavy (non-hydrogen) atoms. The van der Waals surface area contributed by atoms with Gasteiger partial charge in [-0.1, -0.05) is 19.1 Å². The third-order valence-corrected chi connectivity index (χ3v) is 5.04. The fourth-order valence-electron chi connectivity index (χ4n) is 2.79. The highest BCUT2D eigenvalue weighted by Gasteiger charge is 2.31. The van der Waals surface area contributed by atoms with Crippen LogP contribution < -0.4 is 15.0 Å². The van der Waals surface area contributed by atoms with E-state index in [0.29, 0.717) is 23.1 Å². The second kappa shape index (κ2) is 7.23. The maximum atomic E-state index is 12.4. The van der Waals surface area contributed by atoms with Gasteiger partial charge >= 0.3 is 0 Å². The molecule has 0 aliphatic carbocycles. The third-order valence-electron chi connectivity index (χ3n) is 4.11. The molecule has 1 aliphatic rings. The number of aromatic nitrogens is 1. The summed E-state index contributed by atoms with van der Waals surface area (Å²) < 4.78 is 5.60. The second-order valence-electron chi connectivity index (χ2n) is 5.89. The van der Waals surface area contributed by atoms with E-state index in [1.165, 1.54) is 11.3 Å². The molecule has 0 fully saturated rings. The summed E-state index contributed by atoms with van der Waals surface area (Å²) in [7, 11) is 0. The zero-order valence-electron chi connectivity index (χ0n) is 14.5. The summed E-state index contributed by atoms with van der Waals surface area (Å²) in [6.07, 6.45) is 0.494. The maximum Gasteiger partial charge on any atom is 0.267 e. The molecule has 2 heterocycles. The van der Waals surface area contributed by atoms with Crippen LogP contribution in [0.3, 0.4) is 0 Å². The van der Waals surface area contributed by atoms with Crippen molar-refractivity contribution in [2.75, 3.05) is 16.8 Å². The summed E-state index contributed by atoms with van der Waals surface area (Å²) in [6.45, 7) is 6.06. The summed E-state index contributed by atoms with van der Waals surface area (Å²) in [5.41, 5.74) is 1.71. The van der Waals surface area contributed by atoms with Gasteiger partial charge in [0.15, 0.2) is 11.2 Å². The number of ether oxygens (including phenoxy) is 1. The van der Waals surface area contributed by atoms with E-state index in [1.807, 2.05) is 38.1 Å². The molecule has 2 amide bonds. The number of carbonyl (C=O) groups is 2. The number of para-hydroxylation sites is 2. The van der Waals surface area contributed by atoms with Crippen molar-refractivity contribution in [2.24, 2.45) is 0 Å². The number of nitrogens with zero attached hydrogens (tertiary/aromatic N) is 2. The first-order chi connectivity index (χ1) is 12.0. The fraction of sp³-hybridized carbons (Fsp3) is 0.389. The number of rotatable bonds is 5. The average molecular weight is 359 g/mol. The van der Waals surface area contributed by atoms with Crippen LogP contribution in [0.5, 0.6) is 5.75 Å². The van der Waals surface area contributed by atoms with Gasteiger partial charge in [-0.15, -0.1) is 11.3 Å². The van der Waals surface area contributed by atoms with Crippen LogP contribution in [0.25, 0.3) is 0 Å². The topological polar surface area (TPSA) is 71.5 Å². The van der Waals surface area contributed by atoms with Gasteiger partial charge in [0.1, 0.15) is 5.75 Å². The van der Waals surface area contributed by atoms with E-state index in [-0.39, 0.29) is 18.2 Å². The molecular weight excluding hydrogens is 338 g/mol. The fourth-order valence-corrected chi connectivity index (χ4v) is 3.71. The van der Waals surface area contributed by atoms with Crippen LogP contribution in [0.15, 0.2) is 24.3 Å². The van der Waals surface area contributed by atoms with Gasteiger partial charge in [0.25, 0.3) is 5.91 Å². The monoisotopic (exact) mass is 359 g/mol. The largest absolute Gasteiger partial charge is 0.479 e. The molecule has 2 aromatic rings. The number of amides is 2. The molecule has 0 saturated carbocycles. The van der Waals surface area contributed by atoms with Gasteiger partial charge in [0, 0.05) is 17.8 Å². The minimum absolute atomic E-state index is 0.134. The normalized spacial score (nSPS) is 16.4. The molecule has 0 spiro atoms. The maximum absolute atomic E-state index is 12.4. The molecule has 132 valence electrons. The first-order valence-electron chi connectivity index (χ1n) is 8.32. The summed E-state index contributed by atoms with van der Waals surface area (Å²) >= 11 is 1.47. The van der Waals surface area contributed by atoms with Crippen LogP contribution in [0.4, 0.5) is 10.8 Å². The van der Waals surface area contributed by atoms with Crippen molar-refractivity contribution >= 4 is 34.0 Å². The van der Waals surface area contributed by atoms with Crippen molar-refractivity contribution in [3.63, 3.8) is 0 Å². The SMILES string of the molecule is CCc1nc(NC(=O)CCN2C(=O)C(C)Oc3ccccc32)sc1C. The van der Waals surface area contributed by atoms with Crippen molar-refractivity contribution < 1.29 is 14.3 Å². The second-order valence-corrected chi connectivity index (χ2v) is 7.09. The number of carbonyl (C=O) groups excluding carboxylic acids is 2. The quantitative estimate of drug-likeness (QED) is 0.890. The van der Waals surface area contributed by atoms with Crippen LogP contribution >= 0.6 is 11.3 Å². The molecule has 1 aromatic heterocycles. The van der Waals surface area contributed by atoms with E-state index < -0.39 is 6.10 Å². The lowest BCUT2D eigenvalue weighted by molar-refractivity contribution is -0.125. The van der Waals surface area contributed by atoms with E-state index in [4.69, 9.17) is 4.74 Å². The number of benzene rings is 1. The third kappa shape index (κ3) is 3.66. The number of hydrogen-bond donors (Lipinski definition) is 1. The first-order valence-corrected chi connectivity index (χ1v) is 9.14. The lowest BCUT2D eigenvalue weighted by atomic mass is 10.1. The van der Waals surface area contributed by atoms with E-state index >= 15 is 0 Å². The number of nitrogens with one attached hydrogen (secondary N) is 1. The predicted molar refractivity (Wildman–Crippen MR) is 98.4 cm³/mol. The molecular formula is C18H21N3O3S. The minimum Gasteiger partial charge on any atom is -0.479 e. The molecule has 3 rings (SSSR count). The Bertz CT molecular complexity index is 803. The predicted octanol–water partition coefficient (Wildman–Crippen LogP) is 3.16. The minimum atomic E-state index is -0.549. The molecule has 1 unspecified atom stereocenters. The Labute approximate surface area is 150 Å². The number of anilines is 2. The van der Waals surface area contributed by atoms with E-state index in [9.17, 15) is 9.59 Å². The number of fused-ring (bicyclic) bond motifs is 1. The molecule has 0 radical (unpaired) electrons. The van der Waals surface area contributed by atoms with E-state index in [0.717, 1.165) is 17.0 Å². The van der Waals surface area contributed by atoms with Crippen LogP contribution in [0.1, 0.15) is 30.8 Å². The van der Waals surface area contributed by atoms with Crippen molar-refractivity contribution in [1.82, 2.24) is 4.98 Å². The lowest BCUT2D eigenvalue weighted by Crippen LogP contribution is -2.45. The Morgan fingerprint density at radius 2 is 2.16 bits per heavy atom. The summed E-state index contributed by atoms with van der Waals surface area (Å²) in [4.78, 5) is 31.8. The molecule has 0 bridgehead atoms. The molecule has 1 aromatic carbocycles. The molecule has 7 heteroatoms. The van der Waals surface area contributed by atoms with Crippen LogP contribution in [0, 0.1) is 6.92 Å². The average Bonchev–Trinajstić information content (AvgIpc) is 2.94. The van der Waals surface area contributed by atoms with Gasteiger partial charge in [-0.3, -0.25) is 9.59 Å². The molecule has 6 nitrogen and oxygen atoms in total. The van der Waals surface area contributed by atoms with Crippen LogP contribution in [-0.4, -0.2) is 29.4 Å². The Morgan fingerprint density at radius 1 is 1.40 bits per heavy atom. The highest BCUT2D eigenvalue weighted by atomic mass is 32.1. The van der Waals surface area contributed by atoms with Gasteiger partial charge in [0.2, 0.25) is 5.91 Å². The van der Waals surface area contributed by atoms with Crippen molar-refractivity contribution in [2.45, 2.75) is 39.7 Å². The highest BCUT2D eigenvalue weighted by molar-refractivity contribution is 7.15. The lowest BCUT2D eigenvalue weighted by Gasteiger charge is -2.32. The Hall–Kier alpha value is -2.41. The molecule has 1 aliphatic heterocycles. The van der Waals surface area contributed by atoms with Gasteiger partial charge in [-0.2, -0.15) is 0 Å². The van der Waals surface area contributed by atoms with Crippen LogP contribution in [-0.2, 0) is 16.0 Å². The van der Waals surface area contributed by atoms with Gasteiger partial charge < -0.3 is 15.0 Å². The van der Waals surface area contributed by atoms with Crippen molar-refractivity contribution in [3.8, 4) is 5.75 Å². The van der Waals surface area contributed by atoms with Crippen LogP contribution in [0.2, 0.25) is 0 Å². The smallest absolute Gasteiger partial charge is 0.267 e. The summed E-state index contributed by atoms with van der Waals surface area (Å²) in [5, 5.41) is 3.44. The number of thiazole rings is 1. The summed E-state index contributed by atoms with van der Waals surface area (Å²) in [6, 6.07) is 7.37. The zero-order valence-corrected chi connectivity index (χ0v) is 15.4. The molecule has 1 N–H and O–H groups in total. The number of hydrogen-bond acceptors (Lipinski definition) is 5. The van der Waals surface area contributed by atoms with Gasteiger partial charge in [-0.25, -0.2) is 4.98 Å². The van der Waals surface area contributed by atoms with Gasteiger partial charge in [-0.05, 0) is 32.4 Å². The first kappa shape index (κ1) is 17.4. The van der Waals surface area contributed by atoms with E-state index in [1.54, 1.807) is 11.8 Å².